The summed E-state index contributed by atoms with van der Waals surface area (Å²) in [4.78, 5) is 11.9. The number of hydrogen-bond acceptors (Lipinski definition) is 6. The number of nitrogens with one attached hydrogen (secondary N) is 1. The molecule has 0 aromatic heterocycles. The monoisotopic (exact) mass is 533 g/mol. The summed E-state index contributed by atoms with van der Waals surface area (Å²) in [6, 6.07) is 8.92. The first-order valence-electron chi connectivity index (χ1n) is 15.1. The summed E-state index contributed by atoms with van der Waals surface area (Å²) in [6.45, 7) is 4.51. The van der Waals surface area contributed by atoms with Gasteiger partial charge in [-0.3, -0.25) is 4.79 Å². The minimum absolute atomic E-state index is 0.243. The van der Waals surface area contributed by atoms with Crippen molar-refractivity contribution in [2.45, 2.75) is 141 Å². The molecule has 0 saturated carbocycles. The summed E-state index contributed by atoms with van der Waals surface area (Å²) < 4.78 is 24.1. The fourth-order valence-electron chi connectivity index (χ4n) is 5.40. The van der Waals surface area contributed by atoms with Crippen molar-refractivity contribution in [1.82, 2.24) is 5.32 Å². The lowest BCUT2D eigenvalue weighted by Crippen LogP contribution is -2.66. The molecule has 2 aliphatic rings. The number of benzene rings is 1. The van der Waals surface area contributed by atoms with Crippen molar-refractivity contribution in [3.05, 3.63) is 35.9 Å². The van der Waals surface area contributed by atoms with Crippen molar-refractivity contribution in [2.75, 3.05) is 13.2 Å². The molecule has 2 heterocycles. The maximum atomic E-state index is 11.9. The Morgan fingerprint density at radius 3 is 2.05 bits per heavy atom. The Kier molecular flexibility index (Phi) is 14.7. The largest absolute Gasteiger partial charge is 0.388 e. The van der Waals surface area contributed by atoms with Gasteiger partial charge >= 0.3 is 0 Å². The van der Waals surface area contributed by atoms with Crippen LogP contribution in [0.5, 0.6) is 0 Å². The molecule has 7 nitrogen and oxygen atoms in total. The molecule has 1 aromatic rings. The topological polar surface area (TPSA) is 86.2 Å². The van der Waals surface area contributed by atoms with E-state index in [4.69, 9.17) is 18.9 Å². The Labute approximate surface area is 230 Å². The molecule has 2 saturated heterocycles. The average molecular weight is 534 g/mol. The average Bonchev–Trinajstić information content (AvgIpc) is 2.93. The molecular weight excluding hydrogens is 482 g/mol. The minimum atomic E-state index is -0.964. The Bertz CT molecular complexity index is 762. The first-order chi connectivity index (χ1) is 18.6. The second-order valence-corrected chi connectivity index (χ2v) is 10.9. The molecule has 0 aliphatic carbocycles. The van der Waals surface area contributed by atoms with Gasteiger partial charge in [0.15, 0.2) is 12.6 Å². The van der Waals surface area contributed by atoms with E-state index in [1.165, 1.54) is 84.0 Å². The van der Waals surface area contributed by atoms with Crippen molar-refractivity contribution < 1.29 is 28.8 Å². The Morgan fingerprint density at radius 2 is 1.47 bits per heavy atom. The minimum Gasteiger partial charge on any atom is -0.388 e. The normalized spacial score (nSPS) is 27.1. The van der Waals surface area contributed by atoms with Gasteiger partial charge in [-0.25, -0.2) is 0 Å². The van der Waals surface area contributed by atoms with Gasteiger partial charge in [0.05, 0.1) is 6.61 Å². The fraction of sp³-hybridized carbons (Fsp3) is 0.774. The molecule has 38 heavy (non-hydrogen) atoms. The Balaban J connectivity index is 1.30. The number of carbonyl (C=O) groups excluding carboxylic acids is 1. The Morgan fingerprint density at radius 1 is 0.895 bits per heavy atom. The van der Waals surface area contributed by atoms with Crippen molar-refractivity contribution in [2.24, 2.45) is 0 Å². The lowest BCUT2D eigenvalue weighted by atomic mass is 9.95. The van der Waals surface area contributed by atoms with Gasteiger partial charge in [-0.1, -0.05) is 121 Å². The maximum Gasteiger partial charge on any atom is 0.217 e. The second-order valence-electron chi connectivity index (χ2n) is 10.9. The van der Waals surface area contributed by atoms with E-state index in [0.29, 0.717) is 6.61 Å². The van der Waals surface area contributed by atoms with Gasteiger partial charge in [-0.2, -0.15) is 0 Å². The van der Waals surface area contributed by atoms with Crippen LogP contribution in [0.1, 0.15) is 116 Å². The van der Waals surface area contributed by atoms with Crippen molar-refractivity contribution in [3.8, 4) is 0 Å². The van der Waals surface area contributed by atoms with Gasteiger partial charge in [0.1, 0.15) is 24.4 Å². The molecular formula is C31H51NO6. The van der Waals surface area contributed by atoms with Crippen LogP contribution in [0.3, 0.4) is 0 Å². The molecule has 0 radical (unpaired) electrons. The molecule has 1 aromatic carbocycles. The highest BCUT2D eigenvalue weighted by molar-refractivity contribution is 5.73. The molecule has 2 aliphatic heterocycles. The predicted octanol–water partition coefficient (Wildman–Crippen LogP) is 6.19. The van der Waals surface area contributed by atoms with Crippen LogP contribution in [0.2, 0.25) is 0 Å². The van der Waals surface area contributed by atoms with Crippen LogP contribution < -0.4 is 5.32 Å². The third-order valence-electron chi connectivity index (χ3n) is 7.59. The molecule has 216 valence electrons. The van der Waals surface area contributed by atoms with E-state index >= 15 is 0 Å². The van der Waals surface area contributed by atoms with Crippen LogP contribution in [-0.2, 0) is 23.7 Å². The quantitative estimate of drug-likeness (QED) is 0.219. The van der Waals surface area contributed by atoms with Gasteiger partial charge < -0.3 is 29.4 Å². The zero-order valence-electron chi connectivity index (χ0n) is 23.7. The summed E-state index contributed by atoms with van der Waals surface area (Å²) in [6.07, 6.45) is 14.9. The zero-order chi connectivity index (χ0) is 27.0. The first-order valence-corrected chi connectivity index (χ1v) is 15.1. The van der Waals surface area contributed by atoms with Crippen LogP contribution in [-0.4, -0.2) is 54.9 Å². The third-order valence-corrected chi connectivity index (χ3v) is 7.59. The van der Waals surface area contributed by atoms with E-state index in [0.717, 1.165) is 18.4 Å². The fourth-order valence-corrected chi connectivity index (χ4v) is 5.40. The number of hydrogen-bond donors (Lipinski definition) is 2. The van der Waals surface area contributed by atoms with Crippen molar-refractivity contribution in [3.63, 3.8) is 0 Å². The summed E-state index contributed by atoms with van der Waals surface area (Å²) >= 11 is 0. The van der Waals surface area contributed by atoms with Gasteiger partial charge in [0.2, 0.25) is 5.91 Å². The number of aliphatic hydroxyl groups excluding tert-OH is 1. The molecule has 6 unspecified atom stereocenters. The van der Waals surface area contributed by atoms with Crippen LogP contribution in [0.4, 0.5) is 0 Å². The SMILES string of the molecule is CCCCCCCCCCCCCCCCOC1OC2COC(c3ccccc3)OC2C(O)C1NC(C)=O. The van der Waals surface area contributed by atoms with Crippen LogP contribution in [0.25, 0.3) is 0 Å². The molecule has 1 amide bonds. The lowest BCUT2D eigenvalue weighted by Gasteiger charge is -2.47. The lowest BCUT2D eigenvalue weighted by molar-refractivity contribution is -0.344. The van der Waals surface area contributed by atoms with Gasteiger partial charge in [0, 0.05) is 19.1 Å². The highest BCUT2D eigenvalue weighted by Crippen LogP contribution is 2.34. The molecule has 6 atom stereocenters. The van der Waals surface area contributed by atoms with E-state index in [2.05, 4.69) is 12.2 Å². The summed E-state index contributed by atoms with van der Waals surface area (Å²) in [5.41, 5.74) is 0.880. The van der Waals surface area contributed by atoms with Gasteiger partial charge in [-0.05, 0) is 6.42 Å². The van der Waals surface area contributed by atoms with Crippen molar-refractivity contribution in [1.29, 1.82) is 0 Å². The number of aliphatic hydroxyl groups is 1. The molecule has 7 heteroatoms. The Hall–Kier alpha value is -1.51. The highest BCUT2D eigenvalue weighted by Gasteiger charge is 2.50. The van der Waals surface area contributed by atoms with Crippen LogP contribution >= 0.6 is 0 Å². The number of unbranched alkanes of at least 4 members (excludes halogenated alkanes) is 13. The number of amides is 1. The predicted molar refractivity (Wildman–Crippen MR) is 149 cm³/mol. The van der Waals surface area contributed by atoms with E-state index in [1.54, 1.807) is 0 Å². The third kappa shape index (κ3) is 10.6. The van der Waals surface area contributed by atoms with E-state index in [1.807, 2.05) is 30.3 Å². The highest BCUT2D eigenvalue weighted by atomic mass is 16.7. The second kappa shape index (κ2) is 18.0. The maximum absolute atomic E-state index is 11.9. The smallest absolute Gasteiger partial charge is 0.217 e. The number of carbonyl (C=O) groups is 1. The molecule has 2 N–H and O–H groups in total. The van der Waals surface area contributed by atoms with Crippen LogP contribution in [0, 0.1) is 0 Å². The standard InChI is InChI=1S/C31H51NO6/c1-3-4-5-6-7-8-9-10-11-12-13-14-15-19-22-35-31-27(32-24(2)33)28(34)29-26(37-31)23-36-30(38-29)25-20-17-16-18-21-25/h16-18,20-21,26-31,34H,3-15,19,22-23H2,1-2H3,(H,32,33). The molecule has 2 fully saturated rings. The number of fused-ring (bicyclic) bond motifs is 1. The van der Waals surface area contributed by atoms with Crippen molar-refractivity contribution >= 4 is 5.91 Å². The summed E-state index contributed by atoms with van der Waals surface area (Å²) in [5.74, 6) is -0.243. The molecule has 3 rings (SSSR count). The molecule has 0 bridgehead atoms. The summed E-state index contributed by atoms with van der Waals surface area (Å²) in [7, 11) is 0. The van der Waals surface area contributed by atoms with Crippen LogP contribution in [0.15, 0.2) is 30.3 Å². The molecule has 0 spiro atoms. The zero-order valence-corrected chi connectivity index (χ0v) is 23.7. The first kappa shape index (κ1) is 31.0. The number of rotatable bonds is 18. The number of ether oxygens (including phenoxy) is 4. The van der Waals surface area contributed by atoms with Gasteiger partial charge in [0.25, 0.3) is 0 Å². The van der Waals surface area contributed by atoms with E-state index in [-0.39, 0.29) is 12.5 Å². The summed E-state index contributed by atoms with van der Waals surface area (Å²) in [5, 5.41) is 13.9. The van der Waals surface area contributed by atoms with E-state index in [9.17, 15) is 9.90 Å². The van der Waals surface area contributed by atoms with Gasteiger partial charge in [-0.15, -0.1) is 0 Å². The van der Waals surface area contributed by atoms with E-state index < -0.39 is 36.9 Å².